The molecule has 3 aliphatic heterocycles. The summed E-state index contributed by atoms with van der Waals surface area (Å²) in [5.74, 6) is 1.70. The number of nitrogens with one attached hydrogen (secondary N) is 1. The Balaban J connectivity index is 1.38. The highest BCUT2D eigenvalue weighted by Crippen LogP contribution is 2.18. The van der Waals surface area contributed by atoms with E-state index < -0.39 is 0 Å². The standard InChI is InChI=1S/C22H42N4O2/c1-3-23-22(24-16-19(2)17-25-11-5-6-12-25)26-13-9-20(10-14-26)28-18-21-8-4-7-15-27-21/h19-21H,3-18H2,1-2H3,(H,23,24). The summed E-state index contributed by atoms with van der Waals surface area (Å²) in [6.45, 7) is 13.8. The molecule has 3 heterocycles. The van der Waals surface area contributed by atoms with Crippen molar-refractivity contribution in [3.8, 4) is 0 Å². The van der Waals surface area contributed by atoms with Crippen LogP contribution in [0, 0.1) is 5.92 Å². The van der Waals surface area contributed by atoms with Crippen LogP contribution in [0.3, 0.4) is 0 Å². The summed E-state index contributed by atoms with van der Waals surface area (Å²) < 4.78 is 12.0. The Morgan fingerprint density at radius 2 is 1.89 bits per heavy atom. The van der Waals surface area contributed by atoms with E-state index in [0.29, 0.717) is 18.1 Å². The molecule has 0 aliphatic carbocycles. The van der Waals surface area contributed by atoms with Crippen LogP contribution in [0.2, 0.25) is 0 Å². The van der Waals surface area contributed by atoms with E-state index in [9.17, 15) is 0 Å². The summed E-state index contributed by atoms with van der Waals surface area (Å²) in [6.07, 6.45) is 9.24. The van der Waals surface area contributed by atoms with Crippen molar-refractivity contribution < 1.29 is 9.47 Å². The fourth-order valence-electron chi connectivity index (χ4n) is 4.55. The van der Waals surface area contributed by atoms with E-state index in [0.717, 1.165) is 64.6 Å². The van der Waals surface area contributed by atoms with Gasteiger partial charge in [0.2, 0.25) is 0 Å². The highest BCUT2D eigenvalue weighted by molar-refractivity contribution is 5.80. The molecule has 1 N–H and O–H groups in total. The van der Waals surface area contributed by atoms with E-state index >= 15 is 0 Å². The van der Waals surface area contributed by atoms with Crippen molar-refractivity contribution in [3.63, 3.8) is 0 Å². The normalized spacial score (nSPS) is 26.6. The van der Waals surface area contributed by atoms with Crippen molar-refractivity contribution in [2.45, 2.75) is 71.0 Å². The maximum absolute atomic E-state index is 6.17. The van der Waals surface area contributed by atoms with E-state index in [2.05, 4.69) is 29.0 Å². The second kappa shape index (κ2) is 12.0. The summed E-state index contributed by atoms with van der Waals surface area (Å²) in [5, 5.41) is 3.50. The summed E-state index contributed by atoms with van der Waals surface area (Å²) in [6, 6.07) is 0. The first kappa shape index (κ1) is 21.8. The smallest absolute Gasteiger partial charge is 0.193 e. The predicted molar refractivity (Wildman–Crippen MR) is 115 cm³/mol. The van der Waals surface area contributed by atoms with Gasteiger partial charge in [0.25, 0.3) is 0 Å². The molecule has 0 saturated carbocycles. The van der Waals surface area contributed by atoms with Crippen LogP contribution in [0.5, 0.6) is 0 Å². The van der Waals surface area contributed by atoms with Gasteiger partial charge in [-0.25, -0.2) is 0 Å². The number of rotatable bonds is 8. The minimum Gasteiger partial charge on any atom is -0.376 e. The first-order valence-electron chi connectivity index (χ1n) is 11.7. The molecule has 6 nitrogen and oxygen atoms in total. The van der Waals surface area contributed by atoms with Crippen LogP contribution in [0.15, 0.2) is 4.99 Å². The van der Waals surface area contributed by atoms with E-state index in [1.165, 1.54) is 45.3 Å². The summed E-state index contributed by atoms with van der Waals surface area (Å²) in [5.41, 5.74) is 0. The van der Waals surface area contributed by atoms with Gasteiger partial charge in [-0.15, -0.1) is 0 Å². The van der Waals surface area contributed by atoms with Crippen molar-refractivity contribution in [3.05, 3.63) is 0 Å². The monoisotopic (exact) mass is 394 g/mol. The number of likely N-dealkylation sites (tertiary alicyclic amines) is 2. The van der Waals surface area contributed by atoms with Crippen LogP contribution in [-0.2, 0) is 9.47 Å². The quantitative estimate of drug-likeness (QED) is 0.507. The van der Waals surface area contributed by atoms with Gasteiger partial charge in [-0.3, -0.25) is 4.99 Å². The molecule has 28 heavy (non-hydrogen) atoms. The Morgan fingerprint density at radius 3 is 2.57 bits per heavy atom. The highest BCUT2D eigenvalue weighted by Gasteiger charge is 2.24. The van der Waals surface area contributed by atoms with Gasteiger partial charge in [0.1, 0.15) is 0 Å². The Kier molecular flexibility index (Phi) is 9.35. The zero-order valence-electron chi connectivity index (χ0n) is 18.2. The van der Waals surface area contributed by atoms with Gasteiger partial charge in [0.05, 0.1) is 18.8 Å². The van der Waals surface area contributed by atoms with E-state index in [-0.39, 0.29) is 0 Å². The minimum atomic E-state index is 0.322. The van der Waals surface area contributed by atoms with Crippen molar-refractivity contribution in [2.24, 2.45) is 10.9 Å². The molecule has 2 unspecified atom stereocenters. The van der Waals surface area contributed by atoms with Crippen LogP contribution >= 0.6 is 0 Å². The highest BCUT2D eigenvalue weighted by atomic mass is 16.5. The molecule has 0 amide bonds. The molecule has 162 valence electrons. The van der Waals surface area contributed by atoms with Crippen LogP contribution in [0.1, 0.15) is 58.8 Å². The summed E-state index contributed by atoms with van der Waals surface area (Å²) in [7, 11) is 0. The molecule has 0 aromatic rings. The first-order valence-corrected chi connectivity index (χ1v) is 11.7. The average molecular weight is 395 g/mol. The van der Waals surface area contributed by atoms with Gasteiger partial charge in [-0.1, -0.05) is 6.92 Å². The van der Waals surface area contributed by atoms with Gasteiger partial charge >= 0.3 is 0 Å². The molecule has 6 heteroatoms. The maximum atomic E-state index is 6.17. The third-order valence-corrected chi connectivity index (χ3v) is 6.19. The first-order chi connectivity index (χ1) is 13.7. The van der Waals surface area contributed by atoms with Gasteiger partial charge in [0, 0.05) is 39.3 Å². The van der Waals surface area contributed by atoms with Gasteiger partial charge < -0.3 is 24.6 Å². The lowest BCUT2D eigenvalue weighted by molar-refractivity contribution is -0.0721. The third-order valence-electron chi connectivity index (χ3n) is 6.19. The molecular weight excluding hydrogens is 352 g/mol. The number of nitrogens with zero attached hydrogens (tertiary/aromatic N) is 3. The lowest BCUT2D eigenvalue weighted by atomic mass is 10.1. The van der Waals surface area contributed by atoms with Crippen LogP contribution in [0.4, 0.5) is 0 Å². The molecule has 0 bridgehead atoms. The van der Waals surface area contributed by atoms with Crippen molar-refractivity contribution in [2.75, 3.05) is 59.0 Å². The van der Waals surface area contributed by atoms with Crippen molar-refractivity contribution >= 4 is 5.96 Å². The molecule has 0 spiro atoms. The number of guanidine groups is 1. The van der Waals surface area contributed by atoms with Crippen LogP contribution < -0.4 is 5.32 Å². The predicted octanol–water partition coefficient (Wildman–Crippen LogP) is 2.73. The molecule has 3 saturated heterocycles. The molecular formula is C22H42N4O2. The van der Waals surface area contributed by atoms with Crippen molar-refractivity contribution in [1.82, 2.24) is 15.1 Å². The lowest BCUT2D eigenvalue weighted by Crippen LogP contribution is -2.47. The molecule has 2 atom stereocenters. The second-order valence-corrected chi connectivity index (χ2v) is 8.82. The van der Waals surface area contributed by atoms with Gasteiger partial charge in [0.15, 0.2) is 5.96 Å². The average Bonchev–Trinajstić information content (AvgIpc) is 3.24. The Labute approximate surface area is 172 Å². The largest absolute Gasteiger partial charge is 0.376 e. The zero-order valence-corrected chi connectivity index (χ0v) is 18.2. The summed E-state index contributed by atoms with van der Waals surface area (Å²) in [4.78, 5) is 9.98. The number of piperidine rings is 1. The molecule has 0 aromatic carbocycles. The maximum Gasteiger partial charge on any atom is 0.193 e. The Hall–Kier alpha value is -0.850. The fraction of sp³-hybridized carbons (Fsp3) is 0.955. The molecule has 3 fully saturated rings. The van der Waals surface area contributed by atoms with Crippen molar-refractivity contribution in [1.29, 1.82) is 0 Å². The third kappa shape index (κ3) is 7.20. The van der Waals surface area contributed by atoms with Crippen LogP contribution in [0.25, 0.3) is 0 Å². The van der Waals surface area contributed by atoms with E-state index in [1.807, 2.05) is 0 Å². The lowest BCUT2D eigenvalue weighted by Gasteiger charge is -2.35. The number of hydrogen-bond acceptors (Lipinski definition) is 4. The summed E-state index contributed by atoms with van der Waals surface area (Å²) >= 11 is 0. The number of hydrogen-bond donors (Lipinski definition) is 1. The molecule has 0 radical (unpaired) electrons. The van der Waals surface area contributed by atoms with E-state index in [4.69, 9.17) is 14.5 Å². The second-order valence-electron chi connectivity index (χ2n) is 8.82. The van der Waals surface area contributed by atoms with Gasteiger partial charge in [-0.2, -0.15) is 0 Å². The Bertz CT molecular complexity index is 453. The number of aliphatic imine (C=N–C) groups is 1. The van der Waals surface area contributed by atoms with Gasteiger partial charge in [-0.05, 0) is 70.9 Å². The molecule has 0 aromatic heterocycles. The molecule has 3 aliphatic rings. The fourth-order valence-corrected chi connectivity index (χ4v) is 4.55. The number of ether oxygens (including phenoxy) is 2. The minimum absolute atomic E-state index is 0.322. The topological polar surface area (TPSA) is 49.3 Å². The van der Waals surface area contributed by atoms with E-state index in [1.54, 1.807) is 0 Å². The molecule has 3 rings (SSSR count). The van der Waals surface area contributed by atoms with Crippen LogP contribution in [-0.4, -0.2) is 87.0 Å². The Morgan fingerprint density at radius 1 is 1.11 bits per heavy atom. The zero-order chi connectivity index (χ0) is 19.6. The SMILES string of the molecule is CCNC(=NCC(C)CN1CCCC1)N1CCC(OCC2CCCCO2)CC1.